The van der Waals surface area contributed by atoms with E-state index in [1.54, 1.807) is 0 Å². The lowest BCUT2D eigenvalue weighted by Gasteiger charge is -2.30. The van der Waals surface area contributed by atoms with Crippen molar-refractivity contribution in [1.82, 2.24) is 9.97 Å². The third kappa shape index (κ3) is 4.33. The van der Waals surface area contributed by atoms with E-state index in [0.717, 1.165) is 39.1 Å². The molecule has 53 heavy (non-hydrogen) atoms. The molecular weight excluding hydrogens is 641 g/mol. The second-order valence-corrected chi connectivity index (χ2v) is 14.1. The molecule has 0 saturated carbocycles. The lowest BCUT2D eigenvalue weighted by molar-refractivity contribution is 0.794. The van der Waals surface area contributed by atoms with Crippen LogP contribution in [0.1, 0.15) is 22.3 Å². The monoisotopic (exact) mass is 672 g/mol. The van der Waals surface area contributed by atoms with Crippen LogP contribution in [-0.4, -0.2) is 9.97 Å². The van der Waals surface area contributed by atoms with Crippen molar-refractivity contribution in [2.45, 2.75) is 5.41 Å². The molecule has 0 bridgehead atoms. The first-order valence-corrected chi connectivity index (χ1v) is 18.3. The van der Waals surface area contributed by atoms with Gasteiger partial charge in [0.1, 0.15) is 0 Å². The maximum atomic E-state index is 5.48. The number of aromatic nitrogens is 2. The fourth-order valence-electron chi connectivity index (χ4n) is 9.10. The quantitative estimate of drug-likeness (QED) is 0.186. The van der Waals surface area contributed by atoms with Crippen molar-refractivity contribution in [3.63, 3.8) is 0 Å². The second-order valence-electron chi connectivity index (χ2n) is 14.1. The molecule has 2 aliphatic carbocycles. The summed E-state index contributed by atoms with van der Waals surface area (Å²) >= 11 is 0. The number of nitrogens with zero attached hydrogens (tertiary/aromatic N) is 2. The van der Waals surface area contributed by atoms with E-state index < -0.39 is 5.41 Å². The summed E-state index contributed by atoms with van der Waals surface area (Å²) in [5.41, 5.74) is 18.6. The third-order valence-electron chi connectivity index (χ3n) is 11.3. The van der Waals surface area contributed by atoms with Crippen molar-refractivity contribution in [3.05, 3.63) is 216 Å². The number of para-hydroxylation sites is 1. The molecule has 8 aromatic carbocycles. The molecule has 11 rings (SSSR count). The molecule has 1 heterocycles. The average molecular weight is 673 g/mol. The third-order valence-corrected chi connectivity index (χ3v) is 11.3. The van der Waals surface area contributed by atoms with Crippen LogP contribution in [0.3, 0.4) is 0 Å². The molecule has 2 heteroatoms. The number of hydrogen-bond acceptors (Lipinski definition) is 2. The summed E-state index contributed by atoms with van der Waals surface area (Å²) in [5, 5.41) is 1.04. The lowest BCUT2D eigenvalue weighted by atomic mass is 9.70. The zero-order valence-electron chi connectivity index (χ0n) is 28.9. The highest BCUT2D eigenvalue weighted by Gasteiger charge is 2.52. The SMILES string of the molecule is c1ccc(-c2cccc(-c3cccc(-c4nc(-c5cccc6c5-c5ccccc5C65c6ccccc6-c6ccccc65)nc5ccccc45)c3)c2)cc1. The summed E-state index contributed by atoms with van der Waals surface area (Å²) < 4.78 is 0. The van der Waals surface area contributed by atoms with Crippen LogP contribution >= 0.6 is 0 Å². The summed E-state index contributed by atoms with van der Waals surface area (Å²) in [6.07, 6.45) is 0. The average Bonchev–Trinajstić information content (AvgIpc) is 3.71. The summed E-state index contributed by atoms with van der Waals surface area (Å²) in [7, 11) is 0. The Labute approximate surface area is 308 Å². The van der Waals surface area contributed by atoms with Gasteiger partial charge >= 0.3 is 0 Å². The molecule has 0 fully saturated rings. The molecule has 0 aliphatic heterocycles. The Morgan fingerprint density at radius 2 is 0.792 bits per heavy atom. The second kappa shape index (κ2) is 11.6. The molecule has 1 aromatic heterocycles. The zero-order chi connectivity index (χ0) is 34.9. The Morgan fingerprint density at radius 1 is 0.321 bits per heavy atom. The van der Waals surface area contributed by atoms with Gasteiger partial charge in [0.25, 0.3) is 0 Å². The largest absolute Gasteiger partial charge is 0.228 e. The van der Waals surface area contributed by atoms with Crippen molar-refractivity contribution in [2.75, 3.05) is 0 Å². The molecular formula is C51H32N2. The van der Waals surface area contributed by atoms with Gasteiger partial charge in [0.15, 0.2) is 5.82 Å². The maximum Gasteiger partial charge on any atom is 0.161 e. The molecule has 0 N–H and O–H groups in total. The first-order valence-electron chi connectivity index (χ1n) is 18.3. The van der Waals surface area contributed by atoms with E-state index in [4.69, 9.17) is 9.97 Å². The molecule has 0 unspecified atom stereocenters. The van der Waals surface area contributed by atoms with Crippen molar-refractivity contribution in [3.8, 4) is 67.2 Å². The van der Waals surface area contributed by atoms with E-state index in [1.807, 2.05) is 0 Å². The van der Waals surface area contributed by atoms with E-state index in [2.05, 4.69) is 194 Å². The van der Waals surface area contributed by atoms with E-state index in [9.17, 15) is 0 Å². The minimum Gasteiger partial charge on any atom is -0.228 e. The predicted molar refractivity (Wildman–Crippen MR) is 218 cm³/mol. The first-order chi connectivity index (χ1) is 26.3. The van der Waals surface area contributed by atoms with Crippen molar-refractivity contribution < 1.29 is 0 Å². The van der Waals surface area contributed by atoms with Gasteiger partial charge in [-0.25, -0.2) is 9.97 Å². The van der Waals surface area contributed by atoms with Gasteiger partial charge in [-0.3, -0.25) is 0 Å². The summed E-state index contributed by atoms with van der Waals surface area (Å²) in [6, 6.07) is 70.1. The van der Waals surface area contributed by atoms with Gasteiger partial charge in [-0.1, -0.05) is 176 Å². The minimum absolute atomic E-state index is 0.419. The summed E-state index contributed by atoms with van der Waals surface area (Å²) in [6.45, 7) is 0. The van der Waals surface area contributed by atoms with E-state index in [-0.39, 0.29) is 0 Å². The zero-order valence-corrected chi connectivity index (χ0v) is 28.9. The molecule has 2 aliphatic rings. The molecule has 1 spiro atoms. The molecule has 9 aromatic rings. The van der Waals surface area contributed by atoms with Crippen LogP contribution < -0.4 is 0 Å². The summed E-state index contributed by atoms with van der Waals surface area (Å²) in [5.74, 6) is 0.735. The van der Waals surface area contributed by atoms with Gasteiger partial charge in [-0.15, -0.1) is 0 Å². The Morgan fingerprint density at radius 3 is 1.51 bits per heavy atom. The van der Waals surface area contributed by atoms with Crippen molar-refractivity contribution in [2.24, 2.45) is 0 Å². The number of hydrogen-bond donors (Lipinski definition) is 0. The molecule has 0 amide bonds. The maximum absolute atomic E-state index is 5.48. The van der Waals surface area contributed by atoms with Gasteiger partial charge < -0.3 is 0 Å². The first kappa shape index (κ1) is 29.8. The predicted octanol–water partition coefficient (Wildman–Crippen LogP) is 12.6. The van der Waals surface area contributed by atoms with E-state index in [1.165, 1.54) is 61.2 Å². The Bertz CT molecular complexity index is 2860. The van der Waals surface area contributed by atoms with E-state index in [0.29, 0.717) is 0 Å². The molecule has 246 valence electrons. The minimum atomic E-state index is -0.419. The molecule has 2 nitrogen and oxygen atoms in total. The van der Waals surface area contributed by atoms with Gasteiger partial charge in [-0.2, -0.15) is 0 Å². The highest BCUT2D eigenvalue weighted by atomic mass is 14.9. The fraction of sp³-hybridized carbons (Fsp3) is 0.0196. The van der Waals surface area contributed by atoms with Gasteiger partial charge in [0, 0.05) is 16.5 Å². The topological polar surface area (TPSA) is 25.8 Å². The van der Waals surface area contributed by atoms with Crippen LogP contribution in [0.25, 0.3) is 78.1 Å². The highest BCUT2D eigenvalue weighted by molar-refractivity contribution is 6.01. The van der Waals surface area contributed by atoms with Crippen LogP contribution in [0.15, 0.2) is 194 Å². The molecule has 0 atom stereocenters. The van der Waals surface area contributed by atoms with Crippen LogP contribution in [0.2, 0.25) is 0 Å². The standard InChI is InChI=1S/C51H32N2/c1-2-15-33(16-3-1)34-17-12-18-35(31-34)36-19-13-20-37(32-36)49-41-24-7-11-30-47(41)52-50(53-49)42-25-14-29-46-48(42)40-23-6-10-28-45(40)51(46)43-26-8-4-21-38(43)39-22-5-9-27-44(39)51/h1-32H. The number of benzene rings is 8. The number of fused-ring (bicyclic) bond motifs is 11. The van der Waals surface area contributed by atoms with Crippen LogP contribution in [0.4, 0.5) is 0 Å². The number of rotatable bonds is 4. The van der Waals surface area contributed by atoms with Crippen LogP contribution in [-0.2, 0) is 5.41 Å². The van der Waals surface area contributed by atoms with Crippen molar-refractivity contribution >= 4 is 10.9 Å². The fourth-order valence-corrected chi connectivity index (χ4v) is 9.10. The van der Waals surface area contributed by atoms with Gasteiger partial charge in [0.05, 0.1) is 16.6 Å². The van der Waals surface area contributed by atoms with Gasteiger partial charge in [-0.05, 0) is 85.0 Å². The lowest BCUT2D eigenvalue weighted by Crippen LogP contribution is -2.25. The summed E-state index contributed by atoms with van der Waals surface area (Å²) in [4.78, 5) is 10.8. The van der Waals surface area contributed by atoms with Gasteiger partial charge in [0.2, 0.25) is 0 Å². The van der Waals surface area contributed by atoms with E-state index >= 15 is 0 Å². The smallest absolute Gasteiger partial charge is 0.161 e. The van der Waals surface area contributed by atoms with Crippen LogP contribution in [0, 0.1) is 0 Å². The Hall–Kier alpha value is -6.90. The molecule has 0 radical (unpaired) electrons. The Balaban J connectivity index is 1.12. The van der Waals surface area contributed by atoms with Crippen molar-refractivity contribution in [1.29, 1.82) is 0 Å². The normalized spacial score (nSPS) is 13.1. The highest BCUT2D eigenvalue weighted by Crippen LogP contribution is 2.63. The molecule has 0 saturated heterocycles. The Kier molecular flexibility index (Phi) is 6.50. The van der Waals surface area contributed by atoms with Crippen LogP contribution in [0.5, 0.6) is 0 Å².